The van der Waals surface area contributed by atoms with E-state index in [-0.39, 0.29) is 12.1 Å². The summed E-state index contributed by atoms with van der Waals surface area (Å²) in [4.78, 5) is 11.6. The number of alkyl halides is 3. The molecule has 1 heterocycles. The van der Waals surface area contributed by atoms with Gasteiger partial charge in [0.2, 0.25) is 0 Å². The third kappa shape index (κ3) is 2.57. The second kappa shape index (κ2) is 4.96. The molecule has 0 bridgehead atoms. The second-order valence-corrected chi connectivity index (χ2v) is 5.14. The van der Waals surface area contributed by atoms with Gasteiger partial charge in [0.1, 0.15) is 5.56 Å². The van der Waals surface area contributed by atoms with E-state index < -0.39 is 22.4 Å². The van der Waals surface area contributed by atoms with Gasteiger partial charge >= 0.3 is 6.18 Å². The van der Waals surface area contributed by atoms with Crippen LogP contribution in [0.15, 0.2) is 18.2 Å². The normalized spacial score (nSPS) is 23.1. The van der Waals surface area contributed by atoms with Crippen molar-refractivity contribution in [2.45, 2.75) is 44.9 Å². The fraction of sp³-hybridized carbons (Fsp3) is 0.538. The second-order valence-electron chi connectivity index (χ2n) is 5.14. The lowest BCUT2D eigenvalue weighted by Crippen LogP contribution is -2.32. The minimum absolute atomic E-state index is 0.132. The maximum Gasteiger partial charge on any atom is 0.423 e. The van der Waals surface area contributed by atoms with Crippen LogP contribution in [0, 0.1) is 10.1 Å². The zero-order chi connectivity index (χ0) is 15.1. The molecule has 0 aromatic heterocycles. The van der Waals surface area contributed by atoms with E-state index in [1.54, 1.807) is 0 Å². The van der Waals surface area contributed by atoms with E-state index in [4.69, 9.17) is 0 Å². The van der Waals surface area contributed by atoms with Crippen LogP contribution < -0.4 is 4.90 Å². The molecule has 2 rings (SSSR count). The molecule has 7 heteroatoms. The summed E-state index contributed by atoms with van der Waals surface area (Å²) in [5, 5.41) is 10.7. The van der Waals surface area contributed by atoms with E-state index in [9.17, 15) is 23.3 Å². The van der Waals surface area contributed by atoms with Crippen molar-refractivity contribution >= 4 is 11.4 Å². The molecule has 0 N–H and O–H groups in total. The third-order valence-corrected chi connectivity index (χ3v) is 3.73. The Bertz CT molecular complexity index is 521. The van der Waals surface area contributed by atoms with E-state index in [1.165, 1.54) is 6.07 Å². The average molecular weight is 288 g/mol. The third-order valence-electron chi connectivity index (χ3n) is 3.73. The molecule has 0 spiro atoms. The molecule has 0 radical (unpaired) electrons. The van der Waals surface area contributed by atoms with Gasteiger partial charge < -0.3 is 4.90 Å². The molecule has 0 saturated carbocycles. The molecule has 110 valence electrons. The molecule has 0 amide bonds. The van der Waals surface area contributed by atoms with Crippen molar-refractivity contribution in [3.05, 3.63) is 33.9 Å². The summed E-state index contributed by atoms with van der Waals surface area (Å²) >= 11 is 0. The Morgan fingerprint density at radius 1 is 1.25 bits per heavy atom. The van der Waals surface area contributed by atoms with Crippen LogP contribution in [0.4, 0.5) is 24.5 Å². The van der Waals surface area contributed by atoms with Crippen LogP contribution in [0.1, 0.15) is 32.3 Å². The van der Waals surface area contributed by atoms with Gasteiger partial charge in [-0.05, 0) is 38.8 Å². The van der Waals surface area contributed by atoms with Crippen LogP contribution in [0.2, 0.25) is 0 Å². The zero-order valence-electron chi connectivity index (χ0n) is 11.1. The Kier molecular flexibility index (Phi) is 3.62. The number of nitro benzene ring substituents is 1. The predicted octanol–water partition coefficient (Wildman–Crippen LogP) is 3.99. The van der Waals surface area contributed by atoms with Crippen molar-refractivity contribution in [1.82, 2.24) is 0 Å². The number of benzene rings is 1. The van der Waals surface area contributed by atoms with Crippen molar-refractivity contribution in [2.75, 3.05) is 4.90 Å². The maximum absolute atomic E-state index is 12.9. The Labute approximate surface area is 114 Å². The van der Waals surface area contributed by atoms with Crippen LogP contribution in [0.5, 0.6) is 0 Å². The number of anilines is 1. The molecule has 1 fully saturated rings. The van der Waals surface area contributed by atoms with Crippen LogP contribution in [0.25, 0.3) is 0 Å². The summed E-state index contributed by atoms with van der Waals surface area (Å²) in [6, 6.07) is 3.48. The summed E-state index contributed by atoms with van der Waals surface area (Å²) in [7, 11) is 0. The number of hydrogen-bond acceptors (Lipinski definition) is 3. The van der Waals surface area contributed by atoms with E-state index in [0.717, 1.165) is 25.0 Å². The van der Waals surface area contributed by atoms with Crippen LogP contribution in [-0.4, -0.2) is 17.0 Å². The number of rotatable bonds is 2. The first-order chi connectivity index (χ1) is 9.21. The summed E-state index contributed by atoms with van der Waals surface area (Å²) in [6.45, 7) is 3.89. The molecule has 1 saturated heterocycles. The molecule has 1 aromatic rings. The van der Waals surface area contributed by atoms with Gasteiger partial charge in [-0.15, -0.1) is 0 Å². The highest BCUT2D eigenvalue weighted by atomic mass is 19.4. The molecule has 20 heavy (non-hydrogen) atoms. The summed E-state index contributed by atoms with van der Waals surface area (Å²) in [6.07, 6.45) is -2.93. The highest BCUT2D eigenvalue weighted by molar-refractivity contribution is 5.58. The SMILES string of the molecule is CC1CCC(C)N1c1ccc([N+](=O)[O-])c(C(F)(F)F)c1. The average Bonchev–Trinajstić information content (AvgIpc) is 2.67. The van der Waals surface area contributed by atoms with Crippen molar-refractivity contribution in [2.24, 2.45) is 0 Å². The Morgan fingerprint density at radius 3 is 2.25 bits per heavy atom. The lowest BCUT2D eigenvalue weighted by atomic mass is 10.1. The van der Waals surface area contributed by atoms with Crippen LogP contribution in [-0.2, 0) is 6.18 Å². The maximum atomic E-state index is 12.9. The molecular formula is C13H15F3N2O2. The number of nitrogens with zero attached hydrogens (tertiary/aromatic N) is 2. The fourth-order valence-corrected chi connectivity index (χ4v) is 2.77. The largest absolute Gasteiger partial charge is 0.423 e. The van der Waals surface area contributed by atoms with Crippen LogP contribution in [0.3, 0.4) is 0 Å². The van der Waals surface area contributed by atoms with E-state index >= 15 is 0 Å². The Hall–Kier alpha value is -1.79. The monoisotopic (exact) mass is 288 g/mol. The molecule has 4 nitrogen and oxygen atoms in total. The van der Waals surface area contributed by atoms with Gasteiger partial charge in [-0.2, -0.15) is 13.2 Å². The molecule has 2 atom stereocenters. The van der Waals surface area contributed by atoms with Gasteiger partial charge in [-0.3, -0.25) is 10.1 Å². The summed E-state index contributed by atoms with van der Waals surface area (Å²) < 4.78 is 38.8. The quantitative estimate of drug-likeness (QED) is 0.610. The topological polar surface area (TPSA) is 46.4 Å². The Morgan fingerprint density at radius 2 is 1.80 bits per heavy atom. The van der Waals surface area contributed by atoms with Gasteiger partial charge in [-0.25, -0.2) is 0 Å². The van der Waals surface area contributed by atoms with E-state index in [1.807, 2.05) is 18.7 Å². The first-order valence-electron chi connectivity index (χ1n) is 6.35. The van der Waals surface area contributed by atoms with Gasteiger partial charge in [0.15, 0.2) is 0 Å². The minimum atomic E-state index is -4.73. The minimum Gasteiger partial charge on any atom is -0.366 e. The Balaban J connectivity index is 2.50. The van der Waals surface area contributed by atoms with Gasteiger partial charge in [0.05, 0.1) is 4.92 Å². The van der Waals surface area contributed by atoms with Crippen molar-refractivity contribution < 1.29 is 18.1 Å². The van der Waals surface area contributed by atoms with Gasteiger partial charge in [0, 0.05) is 23.8 Å². The number of hydrogen-bond donors (Lipinski definition) is 0. The van der Waals surface area contributed by atoms with Gasteiger partial charge in [-0.1, -0.05) is 0 Å². The highest BCUT2D eigenvalue weighted by Crippen LogP contribution is 2.40. The van der Waals surface area contributed by atoms with Crippen molar-refractivity contribution in [3.8, 4) is 0 Å². The molecule has 2 unspecified atom stereocenters. The number of halogens is 3. The predicted molar refractivity (Wildman–Crippen MR) is 68.7 cm³/mol. The first kappa shape index (κ1) is 14.6. The van der Waals surface area contributed by atoms with E-state index in [0.29, 0.717) is 5.69 Å². The molecule has 1 aliphatic heterocycles. The van der Waals surface area contributed by atoms with E-state index in [2.05, 4.69) is 0 Å². The molecule has 0 aliphatic carbocycles. The summed E-state index contributed by atoms with van der Waals surface area (Å²) in [5.41, 5.74) is -1.70. The van der Waals surface area contributed by atoms with Crippen LogP contribution >= 0.6 is 0 Å². The fourth-order valence-electron chi connectivity index (χ4n) is 2.77. The highest BCUT2D eigenvalue weighted by Gasteiger charge is 2.39. The smallest absolute Gasteiger partial charge is 0.366 e. The van der Waals surface area contributed by atoms with Gasteiger partial charge in [0.25, 0.3) is 5.69 Å². The lowest BCUT2D eigenvalue weighted by molar-refractivity contribution is -0.388. The molecule has 1 aromatic carbocycles. The van der Waals surface area contributed by atoms with Crippen molar-refractivity contribution in [1.29, 1.82) is 0 Å². The number of nitro groups is 1. The first-order valence-corrected chi connectivity index (χ1v) is 6.35. The zero-order valence-corrected chi connectivity index (χ0v) is 11.1. The molecule has 1 aliphatic rings. The summed E-state index contributed by atoms with van der Waals surface area (Å²) in [5.74, 6) is 0. The lowest BCUT2D eigenvalue weighted by Gasteiger charge is -2.29. The standard InChI is InChI=1S/C13H15F3N2O2/c1-8-3-4-9(2)17(8)10-5-6-12(18(19)20)11(7-10)13(14,15)16/h5-9H,3-4H2,1-2H3. The van der Waals surface area contributed by atoms with Crippen molar-refractivity contribution in [3.63, 3.8) is 0 Å². The molecular weight excluding hydrogens is 273 g/mol.